The van der Waals surface area contributed by atoms with Gasteiger partial charge < -0.3 is 123 Å². The van der Waals surface area contributed by atoms with E-state index in [1.165, 1.54) is 62.4 Å². The number of carbonyl (C=O) groups is 18. The Balaban J connectivity index is 1.52. The van der Waals surface area contributed by atoms with Crippen LogP contribution in [0.25, 0.3) is 0 Å². The van der Waals surface area contributed by atoms with Crippen molar-refractivity contribution in [1.82, 2.24) is 79.3 Å². The number of nitrogens with zero attached hydrogens (tertiary/aromatic N) is 1. The highest BCUT2D eigenvalue weighted by molar-refractivity contribution is 7.80. The number of carbonyl (C=O) groups excluding carboxylic acids is 17. The van der Waals surface area contributed by atoms with Gasteiger partial charge in [-0.3, -0.25) is 81.5 Å². The lowest BCUT2D eigenvalue weighted by Crippen LogP contribution is -2.62. The van der Waals surface area contributed by atoms with Gasteiger partial charge in [0, 0.05) is 38.0 Å². The molecule has 3 aromatic rings. The molecule has 129 heavy (non-hydrogen) atoms. The molecule has 0 unspecified atom stereocenters. The van der Waals surface area contributed by atoms with Crippen LogP contribution in [0.5, 0.6) is 11.5 Å². The average Bonchev–Trinajstić information content (AvgIpc) is 1.79. The molecule has 1 fully saturated rings. The van der Waals surface area contributed by atoms with E-state index in [9.17, 15) is 102 Å². The molecule has 714 valence electrons. The van der Waals surface area contributed by atoms with Gasteiger partial charge in [0.2, 0.25) is 100 Å². The summed E-state index contributed by atoms with van der Waals surface area (Å²) in [5.41, 5.74) is 24.3. The first-order valence-corrected chi connectivity index (χ1v) is 44.0. The fraction of sp³-hybridized carbons (Fsp3) is 0.586. The minimum absolute atomic E-state index is 0.0280. The van der Waals surface area contributed by atoms with Gasteiger partial charge in [0.15, 0.2) is 0 Å². The fourth-order valence-corrected chi connectivity index (χ4v) is 14.1. The van der Waals surface area contributed by atoms with Crippen molar-refractivity contribution in [2.75, 3.05) is 25.4 Å². The summed E-state index contributed by atoms with van der Waals surface area (Å²) in [6.07, 6.45) is -2.39. The van der Waals surface area contributed by atoms with Gasteiger partial charge in [0.25, 0.3) is 0 Å². The highest BCUT2D eigenvalue weighted by Crippen LogP contribution is 2.23. The second-order valence-corrected chi connectivity index (χ2v) is 34.1. The molecule has 0 radical (unpaired) electrons. The van der Waals surface area contributed by atoms with E-state index in [1.54, 1.807) is 92.6 Å². The van der Waals surface area contributed by atoms with Crippen LogP contribution in [0.3, 0.4) is 0 Å². The number of primary amides is 2. The van der Waals surface area contributed by atoms with Crippen molar-refractivity contribution >= 4 is 119 Å². The van der Waals surface area contributed by atoms with Crippen LogP contribution < -0.4 is 97.4 Å². The van der Waals surface area contributed by atoms with Gasteiger partial charge in [-0.1, -0.05) is 137 Å². The number of phenols is 2. The topological polar surface area (TPSA) is 664 Å². The molecule has 41 nitrogen and oxygen atoms in total. The van der Waals surface area contributed by atoms with Crippen molar-refractivity contribution in [1.29, 1.82) is 0 Å². The monoisotopic (exact) mass is 1830 g/mol. The van der Waals surface area contributed by atoms with E-state index in [1.807, 2.05) is 6.92 Å². The molecule has 0 aromatic heterocycles. The molecule has 0 bridgehead atoms. The van der Waals surface area contributed by atoms with Gasteiger partial charge >= 0.3 is 5.97 Å². The van der Waals surface area contributed by atoms with E-state index in [0.717, 1.165) is 4.90 Å². The minimum Gasteiger partial charge on any atom is -0.508 e. The number of aliphatic hydroxyl groups is 1. The van der Waals surface area contributed by atoms with Crippen LogP contribution in [-0.4, -0.2) is 254 Å². The van der Waals surface area contributed by atoms with Crippen LogP contribution in [0.4, 0.5) is 0 Å². The maximum atomic E-state index is 15.0. The number of unbranched alkanes of at least 4 members (excludes halogenated alkanes) is 1. The summed E-state index contributed by atoms with van der Waals surface area (Å²) in [4.78, 5) is 250. The zero-order valence-electron chi connectivity index (χ0n) is 75.2. The summed E-state index contributed by atoms with van der Waals surface area (Å²) in [6.45, 7) is 18.6. The Morgan fingerprint density at radius 2 is 0.907 bits per heavy atom. The summed E-state index contributed by atoms with van der Waals surface area (Å²) in [7, 11) is 0. The van der Waals surface area contributed by atoms with Crippen LogP contribution in [0.15, 0.2) is 78.9 Å². The number of benzene rings is 3. The van der Waals surface area contributed by atoms with Crippen molar-refractivity contribution in [2.45, 2.75) is 270 Å². The molecule has 42 heteroatoms. The van der Waals surface area contributed by atoms with Crippen LogP contribution in [0.1, 0.15) is 170 Å². The van der Waals surface area contributed by atoms with E-state index in [2.05, 4.69) is 87.1 Å². The molecule has 1 heterocycles. The zero-order chi connectivity index (χ0) is 96.8. The number of rotatable bonds is 55. The van der Waals surface area contributed by atoms with Crippen molar-refractivity contribution in [2.24, 2.45) is 52.5 Å². The third-order valence-electron chi connectivity index (χ3n) is 21.9. The molecule has 26 N–H and O–H groups in total. The number of aliphatic carboxylic acids is 1. The van der Waals surface area contributed by atoms with Crippen molar-refractivity contribution in [3.05, 3.63) is 95.6 Å². The van der Waals surface area contributed by atoms with Crippen molar-refractivity contribution in [3.63, 3.8) is 0 Å². The van der Waals surface area contributed by atoms with Crippen molar-refractivity contribution < 1.29 is 107 Å². The van der Waals surface area contributed by atoms with Gasteiger partial charge in [-0.15, -0.1) is 0 Å². The lowest BCUT2D eigenvalue weighted by molar-refractivity contribution is -0.143. The SMILES string of the molecule is CC[C@H](C)[C@H](N)C(=O)N[C@@H](Cc1ccc(O)cc1)C(=O)N[C@H](C(=O)N[C@@H](Cc1ccc(O)cc1)C(=O)N1CCC[C@H]1C(=O)N[C@@H](CC(N)=O)C(=O)N[C@@H](CCCCN)C(=O)N[C@H](C(=O)N[C@@H](Cc1ccccc1)C(=O)N[C@@H](CS)C(=O)NCC(=O)N[C@H](C(=O)N[C@H](C(=O)N[C@@H](C)C(=O)N[C@@H](CC(C)C)C(=O)N[C@@H](CCC(N)=O)C(=O)O)C(C)C)[C@@H](C)CC)C(C)C)[C@@H](C)O. The highest BCUT2D eigenvalue weighted by Gasteiger charge is 2.43. The lowest BCUT2D eigenvalue weighted by atomic mass is 9.96. The summed E-state index contributed by atoms with van der Waals surface area (Å²) in [5.74, 6) is -20.0. The standard InChI is InChI=1S/C87H133N19O22S/c1-13-47(9)68(91)81(121)98-60(39-52-25-29-54(108)30-26-52)79(119)105-72(50(12)107)85(125)100-62(40-53-27-31-55(109)32-28-53)86(126)106-36-20-24-64(106)80(120)97-61(41-66(90)111)78(118)94-56(23-18-19-35-88)75(115)103-70(46(7)8)83(123)99-59(38-51-21-16-15-17-22-51)77(117)101-63(43-129)74(114)92-42-67(112)102-71(48(10)14-2)84(124)104-69(45(5)6)82(122)93-49(11)73(113)96-58(37-44(3)4)76(116)95-57(87(127)128)33-34-65(89)110/h15-17,21-22,25-32,44-50,56-64,68-72,107-109,129H,13-14,18-20,23-24,33-43,88,91H2,1-12H3,(H2,89,110)(H2,90,111)(H,92,114)(H,93,122)(H,94,118)(H,95,116)(H,96,113)(H,97,120)(H,98,121)(H,99,123)(H,100,125)(H,101,117)(H,102,112)(H,103,115)(H,104,124)(H,105,119)(H,127,128)/t47-,48-,49-,50+,56-,57-,58-,59-,60-,61-,62-,63-,64-,68-,69-,70-,71-,72-/m0/s1. The first kappa shape index (κ1) is 109. The number of hydrogen-bond donors (Lipinski definition) is 23. The average molecular weight is 1830 g/mol. The number of likely N-dealkylation sites (tertiary alicyclic amines) is 1. The normalized spacial score (nSPS) is 16.4. The molecule has 3 aromatic carbocycles. The first-order chi connectivity index (χ1) is 60.7. The quantitative estimate of drug-likeness (QED) is 0.0198. The number of nitrogens with two attached hydrogens (primary N) is 4. The van der Waals surface area contributed by atoms with E-state index in [4.69, 9.17) is 22.9 Å². The summed E-state index contributed by atoms with van der Waals surface area (Å²) < 4.78 is 0. The molecule has 0 saturated carbocycles. The largest absolute Gasteiger partial charge is 0.508 e. The maximum absolute atomic E-state index is 15.0. The van der Waals surface area contributed by atoms with E-state index in [-0.39, 0.29) is 106 Å². The molecule has 1 aliphatic rings. The molecule has 17 amide bonds. The summed E-state index contributed by atoms with van der Waals surface area (Å²) in [5, 5.41) is 76.7. The highest BCUT2D eigenvalue weighted by atomic mass is 32.1. The molecule has 0 spiro atoms. The predicted molar refractivity (Wildman–Crippen MR) is 477 cm³/mol. The van der Waals surface area contributed by atoms with Gasteiger partial charge in [0.05, 0.1) is 25.1 Å². The number of nitrogens with one attached hydrogen (secondary N) is 14. The number of hydrogen-bond acceptors (Lipinski definition) is 24. The van der Waals surface area contributed by atoms with Crippen LogP contribution in [0, 0.1) is 29.6 Å². The smallest absolute Gasteiger partial charge is 0.326 e. The zero-order valence-corrected chi connectivity index (χ0v) is 76.1. The number of carboxylic acids is 1. The lowest BCUT2D eigenvalue weighted by Gasteiger charge is -2.31. The Hall–Kier alpha value is -12.0. The predicted octanol–water partition coefficient (Wildman–Crippen LogP) is -3.00. The Bertz CT molecular complexity index is 4320. The summed E-state index contributed by atoms with van der Waals surface area (Å²) in [6, 6.07) is -2.08. The Kier molecular flexibility index (Phi) is 46.0. The van der Waals surface area contributed by atoms with Gasteiger partial charge in [-0.05, 0) is 136 Å². The van der Waals surface area contributed by atoms with Gasteiger partial charge in [-0.2, -0.15) is 12.6 Å². The number of carboxylic acid groups (broad SMARTS) is 1. The number of aromatic hydroxyl groups is 2. The minimum atomic E-state index is -1.82. The van der Waals surface area contributed by atoms with Gasteiger partial charge in [-0.25, -0.2) is 4.79 Å². The number of thiol groups is 1. The van der Waals surface area contributed by atoms with Crippen LogP contribution >= 0.6 is 12.6 Å². The van der Waals surface area contributed by atoms with E-state index in [0.29, 0.717) is 36.0 Å². The third kappa shape index (κ3) is 36.6. The first-order valence-electron chi connectivity index (χ1n) is 43.4. The Morgan fingerprint density at radius 1 is 0.457 bits per heavy atom. The Morgan fingerprint density at radius 3 is 1.42 bits per heavy atom. The second kappa shape index (κ2) is 54.3. The van der Waals surface area contributed by atoms with Crippen molar-refractivity contribution in [3.8, 4) is 11.5 Å². The molecule has 1 saturated heterocycles. The Labute approximate surface area is 756 Å². The number of aliphatic hydroxyl groups excluding tert-OH is 1. The molecule has 0 aliphatic carbocycles. The van der Waals surface area contributed by atoms with E-state index >= 15 is 4.79 Å². The fourth-order valence-electron chi connectivity index (χ4n) is 13.8. The molecule has 1 aliphatic heterocycles. The van der Waals surface area contributed by atoms with E-state index < -0.39 is 234 Å². The van der Waals surface area contributed by atoms with Crippen LogP contribution in [-0.2, 0) is 106 Å². The molecule has 18 atom stereocenters. The maximum Gasteiger partial charge on any atom is 0.326 e. The number of amides is 17. The third-order valence-corrected chi connectivity index (χ3v) is 22.3. The van der Waals surface area contributed by atoms with Crippen LogP contribution in [0.2, 0.25) is 0 Å². The summed E-state index contributed by atoms with van der Waals surface area (Å²) >= 11 is 4.31. The number of phenolic OH excluding ortho intramolecular Hbond substituents is 2. The molecular weight excluding hydrogens is 1700 g/mol. The second-order valence-electron chi connectivity index (χ2n) is 33.7. The van der Waals surface area contributed by atoms with Gasteiger partial charge in [0.1, 0.15) is 96.1 Å². The molecular formula is C87H133N19O22S. The molecule has 4 rings (SSSR count).